The van der Waals surface area contributed by atoms with Gasteiger partial charge >= 0.3 is 6.18 Å². The molecule has 1 aromatic carbocycles. The molecule has 4 rings (SSSR count). The zero-order valence-electron chi connectivity index (χ0n) is 15.8. The van der Waals surface area contributed by atoms with Crippen LogP contribution in [-0.2, 0) is 6.18 Å². The second kappa shape index (κ2) is 6.87. The normalized spacial score (nSPS) is 24.5. The zero-order valence-corrected chi connectivity index (χ0v) is 15.8. The fraction of sp³-hybridized carbons (Fsp3) is 0.476. The fourth-order valence-electron chi connectivity index (χ4n) is 4.79. The third-order valence-corrected chi connectivity index (χ3v) is 5.92. The van der Waals surface area contributed by atoms with E-state index >= 15 is 0 Å². The first-order chi connectivity index (χ1) is 13.2. The Morgan fingerprint density at radius 2 is 1.61 bits per heavy atom. The summed E-state index contributed by atoms with van der Waals surface area (Å²) < 4.78 is 40.0. The molecule has 1 aromatic heterocycles. The molecule has 0 unspecified atom stereocenters. The molecule has 4 nitrogen and oxygen atoms in total. The average molecular weight is 389 g/mol. The molecule has 0 bridgehead atoms. The molecule has 3 atom stereocenters. The summed E-state index contributed by atoms with van der Waals surface area (Å²) in [7, 11) is 0. The lowest BCUT2D eigenvalue weighted by Gasteiger charge is -2.21. The molecule has 2 aromatic rings. The summed E-state index contributed by atoms with van der Waals surface area (Å²) in [4.78, 5) is 23.0. The van der Waals surface area contributed by atoms with E-state index < -0.39 is 11.7 Å². The second-order valence-corrected chi connectivity index (χ2v) is 7.96. The van der Waals surface area contributed by atoms with E-state index in [4.69, 9.17) is 0 Å². The van der Waals surface area contributed by atoms with Crippen LogP contribution in [0.4, 0.5) is 13.2 Å². The Hall–Kier alpha value is -2.44. The molecule has 1 saturated carbocycles. The highest BCUT2D eigenvalue weighted by Gasteiger charge is 2.45. The number of likely N-dealkylation sites (tertiary alicyclic amines) is 1. The first-order valence-electron chi connectivity index (χ1n) is 9.50. The molecule has 0 N–H and O–H groups in total. The van der Waals surface area contributed by atoms with Crippen molar-refractivity contribution in [1.82, 2.24) is 14.9 Å². The van der Waals surface area contributed by atoms with Gasteiger partial charge in [0, 0.05) is 24.5 Å². The molecule has 1 aliphatic carbocycles. The number of hydrogen-bond acceptors (Lipinski definition) is 3. The maximum absolute atomic E-state index is 13.3. The number of halogens is 3. The summed E-state index contributed by atoms with van der Waals surface area (Å²) in [5.74, 6) is 0.356. The number of fused-ring (bicyclic) bond motifs is 1. The molecule has 1 aliphatic heterocycles. The van der Waals surface area contributed by atoms with Crippen molar-refractivity contribution in [3.05, 3.63) is 58.7 Å². The number of aryl methyl sites for hydroxylation is 2. The van der Waals surface area contributed by atoms with Gasteiger partial charge in [0.25, 0.3) is 5.91 Å². The number of carbonyl (C=O) groups is 1. The summed E-state index contributed by atoms with van der Waals surface area (Å²) >= 11 is 0. The number of amides is 1. The Balaban J connectivity index is 1.48. The molecule has 28 heavy (non-hydrogen) atoms. The van der Waals surface area contributed by atoms with Gasteiger partial charge in [-0.1, -0.05) is 18.2 Å². The van der Waals surface area contributed by atoms with Crippen molar-refractivity contribution in [2.24, 2.45) is 11.8 Å². The zero-order chi connectivity index (χ0) is 20.1. The molecule has 1 amide bonds. The number of hydrogen-bond donors (Lipinski definition) is 0. The first kappa shape index (κ1) is 18.9. The van der Waals surface area contributed by atoms with Crippen molar-refractivity contribution < 1.29 is 18.0 Å². The quantitative estimate of drug-likeness (QED) is 0.766. The van der Waals surface area contributed by atoms with Crippen LogP contribution >= 0.6 is 0 Å². The predicted molar refractivity (Wildman–Crippen MR) is 97.8 cm³/mol. The summed E-state index contributed by atoms with van der Waals surface area (Å²) in [6.07, 6.45) is -2.98. The standard InChI is InChI=1S/C21H22F3N3O/c1-12-7-13(2)26-19(25-12)20(28)27-10-15-8-14(9-16(15)11-27)17-5-3-4-6-18(17)21(22,23)24/h3-7,14-16H,8-11H2,1-2H3/t14-,15-,16+. The number of alkyl halides is 3. The summed E-state index contributed by atoms with van der Waals surface area (Å²) in [5.41, 5.74) is 1.36. The third kappa shape index (κ3) is 3.50. The van der Waals surface area contributed by atoms with Crippen LogP contribution < -0.4 is 0 Å². The van der Waals surface area contributed by atoms with Crippen LogP contribution in [0.1, 0.15) is 51.9 Å². The van der Waals surface area contributed by atoms with Gasteiger partial charge < -0.3 is 4.90 Å². The Morgan fingerprint density at radius 1 is 1.04 bits per heavy atom. The Kier molecular flexibility index (Phi) is 4.63. The van der Waals surface area contributed by atoms with E-state index in [1.807, 2.05) is 19.9 Å². The molecular formula is C21H22F3N3O. The van der Waals surface area contributed by atoms with Crippen molar-refractivity contribution in [3.8, 4) is 0 Å². The van der Waals surface area contributed by atoms with Gasteiger partial charge in [-0.05, 0) is 62.1 Å². The number of rotatable bonds is 2. The molecule has 2 fully saturated rings. The molecule has 2 aliphatic rings. The minimum Gasteiger partial charge on any atom is -0.335 e. The van der Waals surface area contributed by atoms with Crippen molar-refractivity contribution >= 4 is 5.91 Å². The second-order valence-electron chi connectivity index (χ2n) is 7.96. The predicted octanol–water partition coefficient (Wildman–Crippen LogP) is 4.38. The van der Waals surface area contributed by atoms with Crippen molar-refractivity contribution in [2.45, 2.75) is 38.8 Å². The minimum absolute atomic E-state index is 0.109. The van der Waals surface area contributed by atoms with Gasteiger partial charge in [0.05, 0.1) is 5.56 Å². The lowest BCUT2D eigenvalue weighted by atomic mass is 9.91. The highest BCUT2D eigenvalue weighted by Crippen LogP contribution is 2.48. The first-order valence-corrected chi connectivity index (χ1v) is 9.50. The topological polar surface area (TPSA) is 46.1 Å². The largest absolute Gasteiger partial charge is 0.416 e. The molecule has 0 radical (unpaired) electrons. The van der Waals surface area contributed by atoms with Gasteiger partial charge in [0.1, 0.15) is 0 Å². The van der Waals surface area contributed by atoms with Gasteiger partial charge in [-0.3, -0.25) is 4.79 Å². The number of benzene rings is 1. The van der Waals surface area contributed by atoms with Crippen LogP contribution in [-0.4, -0.2) is 33.9 Å². The number of nitrogens with zero attached hydrogens (tertiary/aromatic N) is 3. The minimum atomic E-state index is -4.34. The van der Waals surface area contributed by atoms with Crippen LogP contribution in [0.3, 0.4) is 0 Å². The van der Waals surface area contributed by atoms with E-state index in [9.17, 15) is 18.0 Å². The van der Waals surface area contributed by atoms with Crippen molar-refractivity contribution in [3.63, 3.8) is 0 Å². The maximum Gasteiger partial charge on any atom is 0.416 e. The molecule has 148 valence electrons. The van der Waals surface area contributed by atoms with Crippen LogP contribution in [0.25, 0.3) is 0 Å². The third-order valence-electron chi connectivity index (χ3n) is 5.92. The summed E-state index contributed by atoms with van der Waals surface area (Å²) in [6.45, 7) is 4.77. The Morgan fingerprint density at radius 3 is 2.18 bits per heavy atom. The molecule has 7 heteroatoms. The van der Waals surface area contributed by atoms with Gasteiger partial charge in [-0.15, -0.1) is 0 Å². The van der Waals surface area contributed by atoms with Crippen LogP contribution in [0, 0.1) is 25.7 Å². The van der Waals surface area contributed by atoms with Crippen molar-refractivity contribution in [2.75, 3.05) is 13.1 Å². The summed E-state index contributed by atoms with van der Waals surface area (Å²) in [6, 6.07) is 7.69. The Bertz CT molecular complexity index is 878. The lowest BCUT2D eigenvalue weighted by Crippen LogP contribution is -2.31. The highest BCUT2D eigenvalue weighted by atomic mass is 19.4. The average Bonchev–Trinajstić information content (AvgIpc) is 3.18. The summed E-state index contributed by atoms with van der Waals surface area (Å²) in [5, 5.41) is 0. The van der Waals surface area contributed by atoms with E-state index in [1.165, 1.54) is 6.07 Å². The van der Waals surface area contributed by atoms with E-state index in [0.29, 0.717) is 31.5 Å². The molecule has 2 heterocycles. The lowest BCUT2D eigenvalue weighted by molar-refractivity contribution is -0.138. The monoisotopic (exact) mass is 389 g/mol. The van der Waals surface area contributed by atoms with E-state index in [1.54, 1.807) is 17.0 Å². The fourth-order valence-corrected chi connectivity index (χ4v) is 4.79. The Labute approximate surface area is 161 Å². The van der Waals surface area contributed by atoms with Gasteiger partial charge in [-0.2, -0.15) is 13.2 Å². The molecular weight excluding hydrogens is 367 g/mol. The number of aromatic nitrogens is 2. The van der Waals surface area contributed by atoms with Gasteiger partial charge in [-0.25, -0.2) is 9.97 Å². The maximum atomic E-state index is 13.3. The SMILES string of the molecule is Cc1cc(C)nc(C(=O)N2C[C@H]3C[C@@H](c4ccccc4C(F)(F)F)C[C@H]3C2)n1. The molecule has 1 saturated heterocycles. The highest BCUT2D eigenvalue weighted by molar-refractivity contribution is 5.90. The molecule has 0 spiro atoms. The van der Waals surface area contributed by atoms with E-state index in [-0.39, 0.29) is 29.5 Å². The van der Waals surface area contributed by atoms with Crippen LogP contribution in [0.5, 0.6) is 0 Å². The van der Waals surface area contributed by atoms with Gasteiger partial charge in [0.2, 0.25) is 5.82 Å². The number of carbonyl (C=O) groups excluding carboxylic acids is 1. The van der Waals surface area contributed by atoms with E-state index in [2.05, 4.69) is 9.97 Å². The van der Waals surface area contributed by atoms with Crippen molar-refractivity contribution in [1.29, 1.82) is 0 Å². The van der Waals surface area contributed by atoms with Crippen LogP contribution in [0.2, 0.25) is 0 Å². The van der Waals surface area contributed by atoms with Gasteiger partial charge in [0.15, 0.2) is 0 Å². The van der Waals surface area contributed by atoms with E-state index in [0.717, 1.165) is 17.5 Å². The smallest absolute Gasteiger partial charge is 0.335 e. The van der Waals surface area contributed by atoms with Crippen LogP contribution in [0.15, 0.2) is 30.3 Å².